The van der Waals surface area contributed by atoms with E-state index in [1.807, 2.05) is 29.2 Å². The zero-order valence-corrected chi connectivity index (χ0v) is 18.1. The van der Waals surface area contributed by atoms with Gasteiger partial charge in [0.2, 0.25) is 0 Å². The van der Waals surface area contributed by atoms with Crippen LogP contribution < -0.4 is 4.74 Å². The van der Waals surface area contributed by atoms with Crippen molar-refractivity contribution in [2.24, 2.45) is 4.99 Å². The van der Waals surface area contributed by atoms with Gasteiger partial charge >= 0.3 is 0 Å². The molecule has 10 heteroatoms. The second-order valence-corrected chi connectivity index (χ2v) is 8.15. The number of nitro groups is 1. The number of benzene rings is 2. The quantitative estimate of drug-likeness (QED) is 0.399. The van der Waals surface area contributed by atoms with E-state index in [1.165, 1.54) is 30.0 Å². The van der Waals surface area contributed by atoms with Crippen LogP contribution in [-0.2, 0) is 4.79 Å². The average Bonchev–Trinajstić information content (AvgIpc) is 3.19. The minimum absolute atomic E-state index is 0.0819. The molecule has 2 aliphatic heterocycles. The number of thioether (sulfide) groups is 1. The van der Waals surface area contributed by atoms with Gasteiger partial charge in [0, 0.05) is 32.2 Å². The van der Waals surface area contributed by atoms with Crippen molar-refractivity contribution in [2.45, 2.75) is 0 Å². The van der Waals surface area contributed by atoms with Gasteiger partial charge in [0.1, 0.15) is 11.3 Å². The van der Waals surface area contributed by atoms with Crippen molar-refractivity contribution in [3.63, 3.8) is 0 Å². The summed E-state index contributed by atoms with van der Waals surface area (Å²) >= 11 is 1.31. The highest BCUT2D eigenvalue weighted by molar-refractivity contribution is 8.18. The van der Waals surface area contributed by atoms with Gasteiger partial charge in [0.25, 0.3) is 17.5 Å². The molecule has 0 atom stereocenters. The van der Waals surface area contributed by atoms with Crippen molar-refractivity contribution in [3.8, 4) is 5.75 Å². The van der Waals surface area contributed by atoms with Crippen LogP contribution in [-0.4, -0.2) is 65.0 Å². The SMILES string of the molecule is COc1ccc(/C=C2/SC(N3CCN(C(=O)c4ccccc4[N+](=O)[O-])CC3)=NC2=O)cc1. The van der Waals surface area contributed by atoms with Crippen LogP contribution in [0.1, 0.15) is 15.9 Å². The fourth-order valence-corrected chi connectivity index (χ4v) is 4.43. The first-order valence-corrected chi connectivity index (χ1v) is 10.7. The van der Waals surface area contributed by atoms with E-state index < -0.39 is 4.92 Å². The molecule has 2 amide bonds. The lowest BCUT2D eigenvalue weighted by molar-refractivity contribution is -0.385. The van der Waals surface area contributed by atoms with Crippen LogP contribution in [0.3, 0.4) is 0 Å². The number of nitro benzene ring substituents is 1. The minimum atomic E-state index is -0.546. The normalized spacial score (nSPS) is 17.5. The molecule has 32 heavy (non-hydrogen) atoms. The van der Waals surface area contributed by atoms with E-state index in [-0.39, 0.29) is 23.1 Å². The lowest BCUT2D eigenvalue weighted by Gasteiger charge is -2.35. The van der Waals surface area contributed by atoms with Crippen molar-refractivity contribution >= 4 is 40.5 Å². The number of methoxy groups -OCH3 is 1. The van der Waals surface area contributed by atoms with Crippen molar-refractivity contribution in [1.29, 1.82) is 0 Å². The molecule has 0 saturated carbocycles. The second kappa shape index (κ2) is 9.23. The molecule has 2 aromatic carbocycles. The Labute approximate surface area is 188 Å². The first-order valence-electron chi connectivity index (χ1n) is 9.90. The number of nitrogens with zero attached hydrogens (tertiary/aromatic N) is 4. The van der Waals surface area contributed by atoms with Crippen molar-refractivity contribution < 1.29 is 19.2 Å². The minimum Gasteiger partial charge on any atom is -0.497 e. The van der Waals surface area contributed by atoms with Gasteiger partial charge in [-0.1, -0.05) is 24.3 Å². The maximum absolute atomic E-state index is 12.8. The van der Waals surface area contributed by atoms with Crippen LogP contribution in [0.25, 0.3) is 6.08 Å². The Morgan fingerprint density at radius 2 is 1.81 bits per heavy atom. The van der Waals surface area contributed by atoms with Gasteiger partial charge in [0.15, 0.2) is 5.17 Å². The van der Waals surface area contributed by atoms with E-state index in [2.05, 4.69) is 4.99 Å². The van der Waals surface area contributed by atoms with Crippen LogP contribution in [0.15, 0.2) is 58.4 Å². The number of hydrogen-bond donors (Lipinski definition) is 0. The van der Waals surface area contributed by atoms with Gasteiger partial charge < -0.3 is 14.5 Å². The van der Waals surface area contributed by atoms with Crippen LogP contribution in [0.5, 0.6) is 5.75 Å². The molecule has 0 bridgehead atoms. The number of para-hydroxylation sites is 1. The molecule has 9 nitrogen and oxygen atoms in total. The summed E-state index contributed by atoms with van der Waals surface area (Å²) in [5.74, 6) is 0.0797. The summed E-state index contributed by atoms with van der Waals surface area (Å²) in [5.41, 5.74) is 0.756. The summed E-state index contributed by atoms with van der Waals surface area (Å²) < 4.78 is 5.15. The molecule has 2 heterocycles. The standard InChI is InChI=1S/C22H20N4O5S/c1-31-16-8-6-15(7-9-16)14-19-20(27)23-22(32-19)25-12-10-24(11-13-25)21(28)17-4-2-3-5-18(17)26(29)30/h2-9,14H,10-13H2,1H3/b19-14+. The van der Waals surface area contributed by atoms with E-state index >= 15 is 0 Å². The van der Waals surface area contributed by atoms with Crippen LogP contribution in [0.2, 0.25) is 0 Å². The zero-order chi connectivity index (χ0) is 22.7. The largest absolute Gasteiger partial charge is 0.497 e. The molecule has 4 rings (SSSR count). The summed E-state index contributed by atoms with van der Waals surface area (Å²) in [6, 6.07) is 13.3. The molecular weight excluding hydrogens is 432 g/mol. The Morgan fingerprint density at radius 1 is 1.12 bits per heavy atom. The maximum atomic E-state index is 12.8. The molecule has 0 aromatic heterocycles. The summed E-state index contributed by atoms with van der Waals surface area (Å²) in [6.07, 6.45) is 1.79. The Balaban J connectivity index is 1.39. The third-order valence-electron chi connectivity index (χ3n) is 5.19. The Hall–Kier alpha value is -3.66. The number of ether oxygens (including phenoxy) is 1. The van der Waals surface area contributed by atoms with Crippen molar-refractivity contribution in [1.82, 2.24) is 9.80 Å². The highest BCUT2D eigenvalue weighted by Crippen LogP contribution is 2.31. The molecule has 164 valence electrons. The lowest BCUT2D eigenvalue weighted by Crippen LogP contribution is -2.49. The van der Waals surface area contributed by atoms with E-state index in [0.717, 1.165) is 11.3 Å². The predicted molar refractivity (Wildman–Crippen MR) is 122 cm³/mol. The molecule has 0 aliphatic carbocycles. The molecule has 0 spiro atoms. The fraction of sp³-hybridized carbons (Fsp3) is 0.227. The number of aliphatic imine (C=N–C) groups is 1. The van der Waals surface area contributed by atoms with E-state index in [0.29, 0.717) is 36.3 Å². The van der Waals surface area contributed by atoms with Gasteiger partial charge in [-0.25, -0.2) is 0 Å². The van der Waals surface area contributed by atoms with E-state index in [4.69, 9.17) is 4.74 Å². The highest BCUT2D eigenvalue weighted by Gasteiger charge is 2.31. The molecule has 1 fully saturated rings. The third-order valence-corrected chi connectivity index (χ3v) is 6.24. The van der Waals surface area contributed by atoms with Crippen LogP contribution >= 0.6 is 11.8 Å². The van der Waals surface area contributed by atoms with E-state index in [9.17, 15) is 19.7 Å². The number of piperazine rings is 1. The number of amidine groups is 1. The Bertz CT molecular complexity index is 1120. The number of hydrogen-bond acceptors (Lipinski definition) is 7. The molecule has 0 N–H and O–H groups in total. The van der Waals surface area contributed by atoms with Crippen LogP contribution in [0.4, 0.5) is 5.69 Å². The topological polar surface area (TPSA) is 105 Å². The van der Waals surface area contributed by atoms with Crippen molar-refractivity contribution in [3.05, 3.63) is 74.7 Å². The second-order valence-electron chi connectivity index (χ2n) is 7.14. The predicted octanol–water partition coefficient (Wildman–Crippen LogP) is 3.03. The Morgan fingerprint density at radius 3 is 2.47 bits per heavy atom. The fourth-order valence-electron chi connectivity index (χ4n) is 3.47. The maximum Gasteiger partial charge on any atom is 0.286 e. The van der Waals surface area contributed by atoms with Crippen LogP contribution in [0, 0.1) is 10.1 Å². The number of rotatable bonds is 4. The summed E-state index contributed by atoms with van der Waals surface area (Å²) in [4.78, 5) is 44.1. The highest BCUT2D eigenvalue weighted by atomic mass is 32.2. The molecule has 0 radical (unpaired) electrons. The molecular formula is C22H20N4O5S. The van der Waals surface area contributed by atoms with Gasteiger partial charge in [-0.05, 0) is 41.6 Å². The van der Waals surface area contributed by atoms with Gasteiger partial charge in [-0.3, -0.25) is 19.7 Å². The van der Waals surface area contributed by atoms with Gasteiger partial charge in [-0.15, -0.1) is 0 Å². The summed E-state index contributed by atoms with van der Waals surface area (Å²) in [7, 11) is 1.60. The van der Waals surface area contributed by atoms with E-state index in [1.54, 1.807) is 24.2 Å². The molecule has 0 unspecified atom stereocenters. The molecule has 2 aromatic rings. The third kappa shape index (κ3) is 4.50. The first kappa shape index (κ1) is 21.6. The summed E-state index contributed by atoms with van der Waals surface area (Å²) in [6.45, 7) is 1.75. The lowest BCUT2D eigenvalue weighted by atomic mass is 10.1. The zero-order valence-electron chi connectivity index (χ0n) is 17.3. The smallest absolute Gasteiger partial charge is 0.286 e. The number of carbonyl (C=O) groups is 2. The number of carbonyl (C=O) groups excluding carboxylic acids is 2. The summed E-state index contributed by atoms with van der Waals surface area (Å²) in [5, 5.41) is 11.8. The average molecular weight is 452 g/mol. The number of amides is 2. The first-order chi connectivity index (χ1) is 15.5. The van der Waals surface area contributed by atoms with Crippen molar-refractivity contribution in [2.75, 3.05) is 33.3 Å². The molecule has 2 aliphatic rings. The molecule has 1 saturated heterocycles. The monoisotopic (exact) mass is 452 g/mol. The van der Waals surface area contributed by atoms with Gasteiger partial charge in [-0.2, -0.15) is 4.99 Å². The Kier molecular flexibility index (Phi) is 6.22. The van der Waals surface area contributed by atoms with Gasteiger partial charge in [0.05, 0.1) is 16.9 Å².